The fraction of sp³-hybridized carbons (Fsp3) is 0.111. The molecule has 0 fully saturated rings. The van der Waals surface area contributed by atoms with Crippen molar-refractivity contribution >= 4 is 27.1 Å². The lowest BCUT2D eigenvalue weighted by Crippen LogP contribution is -2.11. The van der Waals surface area contributed by atoms with Crippen LogP contribution in [0.5, 0.6) is 11.5 Å². The highest BCUT2D eigenvalue weighted by Crippen LogP contribution is 2.58. The first-order valence-electron chi connectivity index (χ1n) is 9.90. The van der Waals surface area contributed by atoms with Gasteiger partial charge in [-0.2, -0.15) is 0 Å². The molecule has 1 unspecified atom stereocenters. The van der Waals surface area contributed by atoms with Crippen molar-refractivity contribution in [3.05, 3.63) is 90.0 Å². The molecule has 0 bridgehead atoms. The van der Waals surface area contributed by atoms with Crippen LogP contribution < -0.4 is 9.47 Å². The minimum Gasteiger partial charge on any atom is -0.496 e. The van der Waals surface area contributed by atoms with Crippen LogP contribution in [0.25, 0.3) is 38.2 Å². The molecule has 29 heavy (non-hydrogen) atoms. The van der Waals surface area contributed by atoms with Gasteiger partial charge in [-0.15, -0.1) is 0 Å². The molecule has 2 nitrogen and oxygen atoms in total. The van der Waals surface area contributed by atoms with Crippen molar-refractivity contribution in [2.75, 3.05) is 14.2 Å². The van der Waals surface area contributed by atoms with Gasteiger partial charge in [-0.1, -0.05) is 66.8 Å². The third-order valence-electron chi connectivity index (χ3n) is 6.27. The van der Waals surface area contributed by atoms with Gasteiger partial charge in [-0.25, -0.2) is 0 Å². The molecule has 0 amide bonds. The number of hydrogen-bond acceptors (Lipinski definition) is 2. The lowest BCUT2D eigenvalue weighted by molar-refractivity contribution is 0.409. The van der Waals surface area contributed by atoms with E-state index >= 15 is 0 Å². The summed E-state index contributed by atoms with van der Waals surface area (Å²) < 4.78 is 11.8. The molecule has 6 rings (SSSR count). The maximum Gasteiger partial charge on any atom is 0.127 e. The minimum atomic E-state index is 0.173. The van der Waals surface area contributed by atoms with Gasteiger partial charge in [0.2, 0.25) is 0 Å². The summed E-state index contributed by atoms with van der Waals surface area (Å²) in [7, 11) is 3.53. The van der Waals surface area contributed by atoms with Gasteiger partial charge in [0.05, 0.1) is 14.2 Å². The Morgan fingerprint density at radius 2 is 1.31 bits per heavy atom. The zero-order valence-corrected chi connectivity index (χ0v) is 16.4. The van der Waals surface area contributed by atoms with Crippen LogP contribution >= 0.6 is 0 Å². The molecule has 140 valence electrons. The van der Waals surface area contributed by atoms with Gasteiger partial charge in [0.1, 0.15) is 11.5 Å². The number of fused-ring (bicyclic) bond motifs is 10. The molecule has 0 saturated carbocycles. The first-order valence-corrected chi connectivity index (χ1v) is 9.90. The van der Waals surface area contributed by atoms with Gasteiger partial charge >= 0.3 is 0 Å². The van der Waals surface area contributed by atoms with Crippen molar-refractivity contribution in [2.24, 2.45) is 0 Å². The highest BCUT2D eigenvalue weighted by Gasteiger charge is 2.36. The molecule has 2 aliphatic rings. The Hall–Kier alpha value is -3.52. The van der Waals surface area contributed by atoms with Crippen molar-refractivity contribution in [3.63, 3.8) is 0 Å². The molecule has 0 spiro atoms. The number of allylic oxidation sites excluding steroid dienone is 4. The molecule has 1 atom stereocenters. The second-order valence-corrected chi connectivity index (χ2v) is 7.62. The summed E-state index contributed by atoms with van der Waals surface area (Å²) in [5.74, 6) is 2.04. The molecule has 0 N–H and O–H groups in total. The largest absolute Gasteiger partial charge is 0.496 e. The van der Waals surface area contributed by atoms with Gasteiger partial charge < -0.3 is 9.47 Å². The fourth-order valence-electron chi connectivity index (χ4n) is 5.08. The van der Waals surface area contributed by atoms with E-state index < -0.39 is 0 Å². The van der Waals surface area contributed by atoms with Crippen LogP contribution in [0.2, 0.25) is 0 Å². The molecule has 2 heteroatoms. The van der Waals surface area contributed by atoms with Crippen molar-refractivity contribution in [2.45, 2.75) is 5.92 Å². The Kier molecular flexibility index (Phi) is 3.39. The standard InChI is InChI=1S/C27H20O2/c1-28-22-14-16-8-3-5-10-18(16)26-24(22)20-12-7-13-21(20)25-23(29-2)15-17-9-4-6-11-19(17)27(25)26/h3-15,20H,1-2H3. The minimum absolute atomic E-state index is 0.173. The van der Waals surface area contributed by atoms with Crippen LogP contribution in [-0.4, -0.2) is 14.2 Å². The lowest BCUT2D eigenvalue weighted by Gasteiger charge is -2.32. The normalized spacial score (nSPS) is 16.3. The Morgan fingerprint density at radius 3 is 2.00 bits per heavy atom. The number of ether oxygens (including phenoxy) is 2. The van der Waals surface area contributed by atoms with Crippen LogP contribution in [0.1, 0.15) is 17.0 Å². The molecule has 4 aromatic carbocycles. The quantitative estimate of drug-likeness (QED) is 0.386. The first-order chi connectivity index (χ1) is 14.3. The second-order valence-electron chi connectivity index (χ2n) is 7.62. The third-order valence-corrected chi connectivity index (χ3v) is 6.27. The summed E-state index contributed by atoms with van der Waals surface area (Å²) in [6, 6.07) is 21.5. The Morgan fingerprint density at radius 1 is 0.690 bits per heavy atom. The maximum absolute atomic E-state index is 5.92. The van der Waals surface area contributed by atoms with E-state index in [-0.39, 0.29) is 5.92 Å². The summed E-state index contributed by atoms with van der Waals surface area (Å²) in [4.78, 5) is 0. The van der Waals surface area contributed by atoms with Crippen molar-refractivity contribution < 1.29 is 9.47 Å². The highest BCUT2D eigenvalue weighted by molar-refractivity contribution is 6.15. The molecule has 0 aliphatic heterocycles. The van der Waals surface area contributed by atoms with Crippen LogP contribution in [0.15, 0.2) is 78.9 Å². The van der Waals surface area contributed by atoms with E-state index in [2.05, 4.69) is 78.9 Å². The lowest BCUT2D eigenvalue weighted by atomic mass is 9.72. The average Bonchev–Trinajstić information content (AvgIpc) is 3.27. The Bertz CT molecular complexity index is 1370. The van der Waals surface area contributed by atoms with E-state index in [1.165, 1.54) is 49.4 Å². The molecule has 0 saturated heterocycles. The third kappa shape index (κ3) is 2.11. The SMILES string of the molecule is COc1cc2ccccc2c2c1C1=CC=CC1c1c(OC)cc3ccccc3c1-2. The van der Waals surface area contributed by atoms with Crippen LogP contribution in [0, 0.1) is 0 Å². The number of rotatable bonds is 2. The van der Waals surface area contributed by atoms with Crippen LogP contribution in [0.3, 0.4) is 0 Å². The molecule has 0 aromatic heterocycles. The van der Waals surface area contributed by atoms with Crippen molar-refractivity contribution in [3.8, 4) is 22.6 Å². The van der Waals surface area contributed by atoms with E-state index in [4.69, 9.17) is 9.47 Å². The summed E-state index contributed by atoms with van der Waals surface area (Å²) in [5, 5.41) is 4.87. The smallest absolute Gasteiger partial charge is 0.127 e. The van der Waals surface area contributed by atoms with E-state index in [0.29, 0.717) is 0 Å². The van der Waals surface area contributed by atoms with Crippen LogP contribution in [-0.2, 0) is 0 Å². The molecular formula is C27H20O2. The number of hydrogen-bond donors (Lipinski definition) is 0. The van der Waals surface area contributed by atoms with Gasteiger partial charge in [0.25, 0.3) is 0 Å². The summed E-state index contributed by atoms with van der Waals surface area (Å²) in [6.45, 7) is 0. The van der Waals surface area contributed by atoms with Gasteiger partial charge in [0.15, 0.2) is 0 Å². The molecule has 0 heterocycles. The van der Waals surface area contributed by atoms with E-state index in [1.54, 1.807) is 14.2 Å². The molecular weight excluding hydrogens is 356 g/mol. The Balaban J connectivity index is 1.91. The van der Waals surface area contributed by atoms with E-state index in [9.17, 15) is 0 Å². The van der Waals surface area contributed by atoms with E-state index in [1.807, 2.05) is 0 Å². The highest BCUT2D eigenvalue weighted by atomic mass is 16.5. The predicted molar refractivity (Wildman–Crippen MR) is 120 cm³/mol. The average molecular weight is 376 g/mol. The predicted octanol–water partition coefficient (Wildman–Crippen LogP) is 6.73. The number of methoxy groups -OCH3 is 2. The summed E-state index contributed by atoms with van der Waals surface area (Å²) in [6.07, 6.45) is 6.64. The molecule has 0 radical (unpaired) electrons. The maximum atomic E-state index is 5.92. The monoisotopic (exact) mass is 376 g/mol. The fourth-order valence-corrected chi connectivity index (χ4v) is 5.08. The van der Waals surface area contributed by atoms with Crippen molar-refractivity contribution in [1.29, 1.82) is 0 Å². The van der Waals surface area contributed by atoms with E-state index in [0.717, 1.165) is 11.5 Å². The Labute approximate surface area is 169 Å². The number of benzene rings is 4. The van der Waals surface area contributed by atoms with Gasteiger partial charge in [0, 0.05) is 22.6 Å². The first kappa shape index (κ1) is 16.4. The summed E-state index contributed by atoms with van der Waals surface area (Å²) >= 11 is 0. The topological polar surface area (TPSA) is 18.5 Å². The summed E-state index contributed by atoms with van der Waals surface area (Å²) in [5.41, 5.74) is 6.24. The van der Waals surface area contributed by atoms with Gasteiger partial charge in [-0.05, 0) is 44.8 Å². The van der Waals surface area contributed by atoms with Gasteiger partial charge in [-0.3, -0.25) is 0 Å². The second kappa shape index (κ2) is 5.99. The van der Waals surface area contributed by atoms with Crippen molar-refractivity contribution in [1.82, 2.24) is 0 Å². The molecule has 4 aromatic rings. The molecule has 2 aliphatic carbocycles. The van der Waals surface area contributed by atoms with Crippen LogP contribution in [0.4, 0.5) is 0 Å². The zero-order valence-electron chi connectivity index (χ0n) is 16.4. The zero-order chi connectivity index (χ0) is 19.5.